The van der Waals surface area contributed by atoms with Crippen molar-refractivity contribution >= 4 is 16.6 Å². The molecule has 19 heavy (non-hydrogen) atoms. The van der Waals surface area contributed by atoms with Crippen LogP contribution in [0.3, 0.4) is 0 Å². The van der Waals surface area contributed by atoms with Gasteiger partial charge in [-0.25, -0.2) is 0 Å². The van der Waals surface area contributed by atoms with E-state index in [1.165, 1.54) is 26.3 Å². The van der Waals surface area contributed by atoms with E-state index in [1.54, 1.807) is 12.1 Å². The van der Waals surface area contributed by atoms with Crippen LogP contribution in [-0.4, -0.2) is 16.8 Å². The van der Waals surface area contributed by atoms with Crippen molar-refractivity contribution in [3.05, 3.63) is 33.8 Å². The smallest absolute Gasteiger partial charge is 0.272 e. The summed E-state index contributed by atoms with van der Waals surface area (Å²) >= 11 is 0. The van der Waals surface area contributed by atoms with Gasteiger partial charge in [-0.3, -0.25) is 14.6 Å². The first-order chi connectivity index (χ1) is 9.16. The van der Waals surface area contributed by atoms with Gasteiger partial charge < -0.3 is 10.3 Å². The number of H-pyrrole nitrogens is 1. The van der Waals surface area contributed by atoms with E-state index in [0.717, 1.165) is 18.4 Å². The monoisotopic (exact) mass is 261 g/mol. The Hall–Kier alpha value is -1.59. The van der Waals surface area contributed by atoms with Gasteiger partial charge in [-0.2, -0.15) is 0 Å². The molecule has 5 nitrogen and oxygen atoms in total. The van der Waals surface area contributed by atoms with Crippen molar-refractivity contribution in [2.24, 2.45) is 0 Å². The molecule has 0 amide bonds. The van der Waals surface area contributed by atoms with Crippen molar-refractivity contribution < 1.29 is 5.06 Å². The van der Waals surface area contributed by atoms with Gasteiger partial charge in [0, 0.05) is 12.1 Å². The molecule has 0 spiro atoms. The number of hydroxylamine groups is 1. The van der Waals surface area contributed by atoms with E-state index >= 15 is 0 Å². The van der Waals surface area contributed by atoms with E-state index in [9.17, 15) is 10.0 Å². The Morgan fingerprint density at radius 2 is 2.05 bits per heavy atom. The maximum Gasteiger partial charge on any atom is 0.272 e. The summed E-state index contributed by atoms with van der Waals surface area (Å²) in [6.07, 6.45) is 5.96. The number of nitrogens with zero attached hydrogens (tertiary/aromatic N) is 1. The van der Waals surface area contributed by atoms with Gasteiger partial charge in [0.05, 0.1) is 24.0 Å². The van der Waals surface area contributed by atoms with Crippen molar-refractivity contribution in [2.45, 2.75) is 38.1 Å². The lowest BCUT2D eigenvalue weighted by Gasteiger charge is -2.23. The van der Waals surface area contributed by atoms with Gasteiger partial charge in [-0.15, -0.1) is 0 Å². The van der Waals surface area contributed by atoms with Crippen LogP contribution in [0.4, 0.5) is 5.69 Å². The number of rotatable bonds is 2. The molecule has 0 radical (unpaired) electrons. The fourth-order valence-corrected chi connectivity index (χ4v) is 3.00. The van der Waals surface area contributed by atoms with Crippen LogP contribution >= 0.6 is 0 Å². The molecule has 1 saturated carbocycles. The Balaban J connectivity index is 2.09. The third kappa shape index (κ3) is 2.19. The van der Waals surface area contributed by atoms with E-state index in [0.29, 0.717) is 17.1 Å². The second kappa shape index (κ2) is 4.83. The standard InChI is InChI=1S/C14H19N3O2/c1-16(19)11-7-8-13-12(9-11)14(18)15-17(13)10-5-3-2-4-6-10/h7-10,16H,2-6H2,1H3,(H,15,18). The molecule has 1 fully saturated rings. The van der Waals surface area contributed by atoms with Crippen molar-refractivity contribution in [3.8, 4) is 0 Å². The third-order valence-electron chi connectivity index (χ3n) is 4.07. The highest BCUT2D eigenvalue weighted by Crippen LogP contribution is 2.29. The summed E-state index contributed by atoms with van der Waals surface area (Å²) < 4.78 is 2.00. The number of benzene rings is 1. The Kier molecular flexibility index (Phi) is 3.16. The quantitative estimate of drug-likeness (QED) is 0.804. The van der Waals surface area contributed by atoms with Crippen LogP contribution in [-0.2, 0) is 0 Å². The van der Waals surface area contributed by atoms with Gasteiger partial charge >= 0.3 is 0 Å². The number of hydrogen-bond donors (Lipinski definition) is 2. The minimum atomic E-state index is -0.0938. The Bertz CT molecular complexity index is 636. The summed E-state index contributed by atoms with van der Waals surface area (Å²) in [7, 11) is 1.52. The van der Waals surface area contributed by atoms with Gasteiger partial charge in [0.15, 0.2) is 0 Å². The first kappa shape index (κ1) is 12.4. The van der Waals surface area contributed by atoms with Gasteiger partial charge in [0.2, 0.25) is 0 Å². The highest BCUT2D eigenvalue weighted by Gasteiger charge is 2.19. The van der Waals surface area contributed by atoms with Crippen LogP contribution < -0.4 is 10.6 Å². The first-order valence-corrected chi connectivity index (χ1v) is 6.92. The fraction of sp³-hybridized carbons (Fsp3) is 0.500. The normalized spacial score (nSPS) is 18.8. The molecule has 0 bridgehead atoms. The number of hydrogen-bond acceptors (Lipinski definition) is 2. The van der Waals surface area contributed by atoms with Crippen LogP contribution in [0.25, 0.3) is 10.9 Å². The van der Waals surface area contributed by atoms with Crippen LogP contribution in [0.1, 0.15) is 38.1 Å². The molecule has 1 aliphatic rings. The van der Waals surface area contributed by atoms with Gasteiger partial charge in [0.1, 0.15) is 5.69 Å². The van der Waals surface area contributed by atoms with Gasteiger partial charge in [0.25, 0.3) is 5.56 Å². The second-order valence-electron chi connectivity index (χ2n) is 5.39. The molecule has 0 saturated heterocycles. The number of nitrogens with one attached hydrogen (secondary N) is 2. The first-order valence-electron chi connectivity index (χ1n) is 6.92. The molecule has 1 heterocycles. The molecule has 1 unspecified atom stereocenters. The van der Waals surface area contributed by atoms with Gasteiger partial charge in [-0.1, -0.05) is 19.3 Å². The van der Waals surface area contributed by atoms with Crippen LogP contribution in [0.2, 0.25) is 0 Å². The lowest BCUT2D eigenvalue weighted by Crippen LogP contribution is -2.98. The highest BCUT2D eigenvalue weighted by atomic mass is 16.5. The minimum absolute atomic E-state index is 0.00767. The molecule has 1 atom stereocenters. The zero-order valence-electron chi connectivity index (χ0n) is 11.1. The second-order valence-corrected chi connectivity index (χ2v) is 5.39. The lowest BCUT2D eigenvalue weighted by atomic mass is 9.95. The lowest BCUT2D eigenvalue weighted by molar-refractivity contribution is -0.751. The summed E-state index contributed by atoms with van der Waals surface area (Å²) in [6, 6.07) is 5.79. The SMILES string of the molecule is C[NH+]([O-])c1ccc2c(c1)c(=O)[nH]n2C1CCCCC1. The van der Waals surface area contributed by atoms with E-state index in [4.69, 9.17) is 0 Å². The zero-order chi connectivity index (χ0) is 13.4. The van der Waals surface area contributed by atoms with E-state index in [-0.39, 0.29) is 10.6 Å². The molecule has 102 valence electrons. The van der Waals surface area contributed by atoms with E-state index in [2.05, 4.69) is 5.10 Å². The summed E-state index contributed by atoms with van der Waals surface area (Å²) in [6.45, 7) is 0. The Morgan fingerprint density at radius 3 is 2.74 bits per heavy atom. The maximum atomic E-state index is 12.0. The summed E-state index contributed by atoms with van der Waals surface area (Å²) in [4.78, 5) is 12.0. The predicted octanol–water partition coefficient (Wildman–Crippen LogP) is 1.48. The van der Waals surface area contributed by atoms with Gasteiger partial charge in [-0.05, 0) is 18.9 Å². The molecule has 3 rings (SSSR count). The zero-order valence-corrected chi connectivity index (χ0v) is 11.1. The topological polar surface area (TPSA) is 65.3 Å². The van der Waals surface area contributed by atoms with Crippen molar-refractivity contribution in [3.63, 3.8) is 0 Å². The van der Waals surface area contributed by atoms with E-state index in [1.807, 2.05) is 10.7 Å². The number of aromatic nitrogens is 2. The molecule has 1 aromatic heterocycles. The number of fused-ring (bicyclic) bond motifs is 1. The molecular formula is C14H19N3O2. The Morgan fingerprint density at radius 1 is 1.32 bits per heavy atom. The minimum Gasteiger partial charge on any atom is -0.629 e. The van der Waals surface area contributed by atoms with Crippen molar-refractivity contribution in [1.29, 1.82) is 0 Å². The van der Waals surface area contributed by atoms with Crippen LogP contribution in [0.15, 0.2) is 23.0 Å². The molecule has 1 aromatic carbocycles. The number of aromatic amines is 1. The highest BCUT2D eigenvalue weighted by molar-refractivity contribution is 5.81. The van der Waals surface area contributed by atoms with E-state index < -0.39 is 0 Å². The molecule has 1 aliphatic carbocycles. The average molecular weight is 261 g/mol. The summed E-state index contributed by atoms with van der Waals surface area (Å²) in [5.41, 5.74) is 1.42. The average Bonchev–Trinajstić information content (AvgIpc) is 2.77. The van der Waals surface area contributed by atoms with Crippen LogP contribution in [0.5, 0.6) is 0 Å². The predicted molar refractivity (Wildman–Crippen MR) is 74.6 cm³/mol. The molecule has 5 heteroatoms. The van der Waals surface area contributed by atoms with Crippen molar-refractivity contribution in [2.75, 3.05) is 7.05 Å². The Labute approximate surface area is 111 Å². The molecule has 0 aliphatic heterocycles. The third-order valence-corrected chi connectivity index (χ3v) is 4.07. The molecule has 2 aromatic rings. The maximum absolute atomic E-state index is 12.0. The number of quaternary nitrogens is 1. The molecule has 2 N–H and O–H groups in total. The largest absolute Gasteiger partial charge is 0.629 e. The summed E-state index contributed by atoms with van der Waals surface area (Å²) in [5.74, 6) is 0. The van der Waals surface area contributed by atoms with Crippen molar-refractivity contribution in [1.82, 2.24) is 9.78 Å². The van der Waals surface area contributed by atoms with Crippen LogP contribution in [0, 0.1) is 5.21 Å². The summed E-state index contributed by atoms with van der Waals surface area (Å²) in [5, 5.41) is 14.9. The fourth-order valence-electron chi connectivity index (χ4n) is 3.00. The molecular weight excluding hydrogens is 242 g/mol.